The number of nitrogens with zero attached hydrogens (tertiary/aromatic N) is 3. The fourth-order valence-electron chi connectivity index (χ4n) is 3.29. The topological polar surface area (TPSA) is 114 Å². The minimum atomic E-state index is -1.14. The minimum Gasteiger partial charge on any atom is -0.480 e. The van der Waals surface area contributed by atoms with E-state index in [1.807, 2.05) is 25.1 Å². The van der Waals surface area contributed by atoms with E-state index in [9.17, 15) is 19.5 Å². The highest BCUT2D eigenvalue weighted by Crippen LogP contribution is 2.15. The molecule has 2 atom stereocenters. The molecule has 2 unspecified atom stereocenters. The molecular formula is C22H24N4O4. The molecule has 2 N–H and O–H groups in total. The molecular weight excluding hydrogens is 384 g/mol. The molecule has 30 heavy (non-hydrogen) atoms. The van der Waals surface area contributed by atoms with Gasteiger partial charge >= 0.3 is 5.97 Å². The SMILES string of the molecule is CCCCC(C(=O)NC(Cc1ccccc1)C(=O)O)n1nnc2ccccc2c1=O. The van der Waals surface area contributed by atoms with Crippen molar-refractivity contribution in [2.75, 3.05) is 0 Å². The van der Waals surface area contributed by atoms with Gasteiger partial charge in [0.1, 0.15) is 17.6 Å². The fraction of sp³-hybridized carbons (Fsp3) is 0.318. The molecule has 0 aliphatic rings. The molecule has 0 bridgehead atoms. The first-order valence-electron chi connectivity index (χ1n) is 9.92. The van der Waals surface area contributed by atoms with Crippen LogP contribution in [0.2, 0.25) is 0 Å². The van der Waals surface area contributed by atoms with Crippen molar-refractivity contribution in [3.8, 4) is 0 Å². The van der Waals surface area contributed by atoms with Crippen molar-refractivity contribution < 1.29 is 14.7 Å². The van der Waals surface area contributed by atoms with Crippen molar-refractivity contribution in [1.82, 2.24) is 20.3 Å². The highest BCUT2D eigenvalue weighted by atomic mass is 16.4. The van der Waals surface area contributed by atoms with Crippen LogP contribution >= 0.6 is 0 Å². The number of nitrogens with one attached hydrogen (secondary N) is 1. The summed E-state index contributed by atoms with van der Waals surface area (Å²) in [6, 6.07) is 13.8. The zero-order chi connectivity index (χ0) is 21.5. The third-order valence-electron chi connectivity index (χ3n) is 4.92. The molecule has 1 aromatic heterocycles. The zero-order valence-corrected chi connectivity index (χ0v) is 16.7. The van der Waals surface area contributed by atoms with Gasteiger partial charge in [-0.3, -0.25) is 9.59 Å². The van der Waals surface area contributed by atoms with Crippen LogP contribution in [0.15, 0.2) is 59.4 Å². The van der Waals surface area contributed by atoms with Crippen molar-refractivity contribution in [1.29, 1.82) is 0 Å². The lowest BCUT2D eigenvalue weighted by Crippen LogP contribution is -2.47. The van der Waals surface area contributed by atoms with Crippen LogP contribution in [0.25, 0.3) is 10.9 Å². The Kier molecular flexibility index (Phi) is 6.90. The Morgan fingerprint density at radius 2 is 1.80 bits per heavy atom. The lowest BCUT2D eigenvalue weighted by Gasteiger charge is -2.21. The predicted octanol–water partition coefficient (Wildman–Crippen LogP) is 2.33. The van der Waals surface area contributed by atoms with E-state index in [1.165, 1.54) is 0 Å². The van der Waals surface area contributed by atoms with Gasteiger partial charge in [0.25, 0.3) is 5.56 Å². The van der Waals surface area contributed by atoms with E-state index in [2.05, 4.69) is 15.6 Å². The summed E-state index contributed by atoms with van der Waals surface area (Å²) in [4.78, 5) is 37.7. The average molecular weight is 408 g/mol. The summed E-state index contributed by atoms with van der Waals surface area (Å²) in [5.41, 5.74) is 0.811. The number of hydrogen-bond acceptors (Lipinski definition) is 5. The first-order chi connectivity index (χ1) is 14.5. The maximum absolute atomic E-state index is 13.0. The molecule has 0 fully saturated rings. The van der Waals surface area contributed by atoms with Gasteiger partial charge in [0, 0.05) is 6.42 Å². The molecule has 0 saturated carbocycles. The number of aliphatic carboxylic acids is 1. The highest BCUT2D eigenvalue weighted by Gasteiger charge is 2.28. The van der Waals surface area contributed by atoms with E-state index >= 15 is 0 Å². The first-order valence-corrected chi connectivity index (χ1v) is 9.92. The molecule has 1 amide bonds. The molecule has 156 valence electrons. The summed E-state index contributed by atoms with van der Waals surface area (Å²) in [6.45, 7) is 1.97. The Labute approximate surface area is 173 Å². The average Bonchev–Trinajstić information content (AvgIpc) is 2.75. The van der Waals surface area contributed by atoms with Gasteiger partial charge in [-0.15, -0.1) is 5.10 Å². The number of carboxylic acids is 1. The number of rotatable bonds is 9. The Balaban J connectivity index is 1.89. The van der Waals surface area contributed by atoms with Gasteiger partial charge in [-0.2, -0.15) is 4.68 Å². The molecule has 8 heteroatoms. The lowest BCUT2D eigenvalue weighted by molar-refractivity contribution is -0.142. The Bertz CT molecular complexity index is 1080. The van der Waals surface area contributed by atoms with E-state index in [4.69, 9.17) is 0 Å². The molecule has 0 spiro atoms. The number of fused-ring (bicyclic) bond motifs is 1. The summed E-state index contributed by atoms with van der Waals surface area (Å²) < 4.78 is 1.06. The molecule has 8 nitrogen and oxygen atoms in total. The van der Waals surface area contributed by atoms with Crippen LogP contribution in [0.4, 0.5) is 0 Å². The minimum absolute atomic E-state index is 0.140. The Morgan fingerprint density at radius 1 is 1.10 bits per heavy atom. The molecule has 1 heterocycles. The molecule has 0 saturated heterocycles. The normalized spacial score (nSPS) is 13.0. The number of carbonyl (C=O) groups is 2. The van der Waals surface area contributed by atoms with Gasteiger partial charge in [0.05, 0.1) is 5.39 Å². The van der Waals surface area contributed by atoms with Crippen LogP contribution in [0.1, 0.15) is 37.8 Å². The van der Waals surface area contributed by atoms with Gasteiger partial charge in [-0.05, 0) is 24.1 Å². The smallest absolute Gasteiger partial charge is 0.326 e. The summed E-state index contributed by atoms with van der Waals surface area (Å²) in [5, 5.41) is 20.6. The van der Waals surface area contributed by atoms with E-state index < -0.39 is 29.5 Å². The Hall–Kier alpha value is -3.55. The van der Waals surface area contributed by atoms with Crippen LogP contribution in [0.3, 0.4) is 0 Å². The van der Waals surface area contributed by atoms with Crippen LogP contribution in [-0.2, 0) is 16.0 Å². The van der Waals surface area contributed by atoms with Crippen molar-refractivity contribution >= 4 is 22.8 Å². The van der Waals surface area contributed by atoms with E-state index in [0.29, 0.717) is 23.7 Å². The van der Waals surface area contributed by atoms with Crippen molar-refractivity contribution in [3.05, 3.63) is 70.5 Å². The van der Waals surface area contributed by atoms with Crippen LogP contribution in [0.5, 0.6) is 0 Å². The summed E-state index contributed by atoms with van der Waals surface area (Å²) in [6.07, 6.45) is 1.98. The second-order valence-electron chi connectivity index (χ2n) is 7.10. The quantitative estimate of drug-likeness (QED) is 0.562. The van der Waals surface area contributed by atoms with E-state index in [-0.39, 0.29) is 6.42 Å². The number of carboxylic acid groups (broad SMARTS) is 1. The van der Waals surface area contributed by atoms with Crippen molar-refractivity contribution in [3.63, 3.8) is 0 Å². The lowest BCUT2D eigenvalue weighted by atomic mass is 10.0. The molecule has 0 aliphatic carbocycles. The summed E-state index contributed by atoms with van der Waals surface area (Å²) >= 11 is 0. The molecule has 3 aromatic rings. The maximum atomic E-state index is 13.0. The van der Waals surface area contributed by atoms with Gasteiger partial charge in [0.2, 0.25) is 5.91 Å². The third-order valence-corrected chi connectivity index (χ3v) is 4.92. The second kappa shape index (κ2) is 9.78. The summed E-state index contributed by atoms with van der Waals surface area (Å²) in [7, 11) is 0. The van der Waals surface area contributed by atoms with Gasteiger partial charge in [0.15, 0.2) is 0 Å². The van der Waals surface area contributed by atoms with Crippen LogP contribution in [-0.4, -0.2) is 38.0 Å². The van der Waals surface area contributed by atoms with Crippen LogP contribution in [0, 0.1) is 0 Å². The largest absolute Gasteiger partial charge is 0.480 e. The number of unbranched alkanes of at least 4 members (excludes halogenated alkanes) is 1. The Morgan fingerprint density at radius 3 is 2.50 bits per heavy atom. The maximum Gasteiger partial charge on any atom is 0.326 e. The number of hydrogen-bond donors (Lipinski definition) is 2. The molecule has 3 rings (SSSR count). The number of carbonyl (C=O) groups excluding carboxylic acids is 1. The number of benzene rings is 2. The number of aromatic nitrogens is 3. The second-order valence-corrected chi connectivity index (χ2v) is 7.10. The first kappa shape index (κ1) is 21.2. The molecule has 0 radical (unpaired) electrons. The van der Waals surface area contributed by atoms with Crippen molar-refractivity contribution in [2.45, 2.75) is 44.7 Å². The molecule has 2 aromatic carbocycles. The monoisotopic (exact) mass is 408 g/mol. The summed E-state index contributed by atoms with van der Waals surface area (Å²) in [5.74, 6) is -1.70. The number of amides is 1. The zero-order valence-electron chi connectivity index (χ0n) is 16.7. The van der Waals surface area contributed by atoms with E-state index in [1.54, 1.807) is 36.4 Å². The van der Waals surface area contributed by atoms with Gasteiger partial charge in [-0.1, -0.05) is 67.4 Å². The highest BCUT2D eigenvalue weighted by molar-refractivity contribution is 5.86. The fourth-order valence-corrected chi connectivity index (χ4v) is 3.29. The third kappa shape index (κ3) is 4.89. The standard InChI is InChI=1S/C22H24N4O4/c1-2-3-13-19(26-21(28)16-11-7-8-12-17(16)24-25-26)20(27)23-18(22(29)30)14-15-9-5-4-6-10-15/h4-12,18-19H,2-3,13-14H2,1H3,(H,23,27)(H,29,30). The van der Waals surface area contributed by atoms with E-state index in [0.717, 1.165) is 16.7 Å². The van der Waals surface area contributed by atoms with Crippen LogP contribution < -0.4 is 10.9 Å². The van der Waals surface area contributed by atoms with Gasteiger partial charge < -0.3 is 10.4 Å². The molecule has 0 aliphatic heterocycles. The van der Waals surface area contributed by atoms with Gasteiger partial charge in [-0.25, -0.2) is 4.79 Å². The predicted molar refractivity (Wildman–Crippen MR) is 112 cm³/mol. The van der Waals surface area contributed by atoms with Crippen molar-refractivity contribution in [2.24, 2.45) is 0 Å².